The van der Waals surface area contributed by atoms with Gasteiger partial charge in [0.05, 0.1) is 17.5 Å². The number of rotatable bonds is 4. The van der Waals surface area contributed by atoms with Gasteiger partial charge in [-0.05, 0) is 60.9 Å². The Morgan fingerprint density at radius 3 is 2.27 bits per heavy atom. The summed E-state index contributed by atoms with van der Waals surface area (Å²) in [6, 6.07) is 6.12. The number of hydrogen-bond donors (Lipinski definition) is 4. The van der Waals surface area contributed by atoms with E-state index in [0.29, 0.717) is 24.2 Å². The summed E-state index contributed by atoms with van der Waals surface area (Å²) < 4.78 is 6.01. The van der Waals surface area contributed by atoms with Crippen LogP contribution in [0.15, 0.2) is 40.8 Å². The van der Waals surface area contributed by atoms with Gasteiger partial charge in [-0.25, -0.2) is 4.78 Å². The molecule has 6 N–H and O–H groups in total. The van der Waals surface area contributed by atoms with E-state index >= 15 is 0 Å². The SMILES string of the molecule is C/C=C(/CN)N=C(C)C(C)C.C=S=N.CC.CC(C)c1cc(C#N)cc2c1NC(N)=CC2C. The van der Waals surface area contributed by atoms with E-state index in [9.17, 15) is 0 Å². The Kier molecular flexibility index (Phi) is 17.5. The van der Waals surface area contributed by atoms with Crippen molar-refractivity contribution in [2.75, 3.05) is 11.9 Å². The van der Waals surface area contributed by atoms with Crippen molar-refractivity contribution in [1.29, 1.82) is 10.0 Å². The normalized spacial score (nSPS) is 14.6. The van der Waals surface area contributed by atoms with Gasteiger partial charge in [0.1, 0.15) is 0 Å². The third-order valence-corrected chi connectivity index (χ3v) is 4.84. The topological polar surface area (TPSA) is 124 Å². The molecule has 7 heteroatoms. The van der Waals surface area contributed by atoms with Crippen molar-refractivity contribution in [3.63, 3.8) is 0 Å². The first-order valence-electron chi connectivity index (χ1n) is 11.4. The van der Waals surface area contributed by atoms with E-state index in [1.165, 1.54) is 0 Å². The molecular weight excluding hydrogens is 428 g/mol. The van der Waals surface area contributed by atoms with Gasteiger partial charge in [0, 0.05) is 29.6 Å². The van der Waals surface area contributed by atoms with Gasteiger partial charge in [-0.2, -0.15) is 5.26 Å². The van der Waals surface area contributed by atoms with E-state index in [4.69, 9.17) is 21.5 Å². The van der Waals surface area contributed by atoms with Crippen molar-refractivity contribution in [3.05, 3.63) is 52.5 Å². The van der Waals surface area contributed by atoms with Crippen LogP contribution in [0, 0.1) is 22.0 Å². The number of nitrogens with zero attached hydrogens (tertiary/aromatic N) is 2. The lowest BCUT2D eigenvalue weighted by Gasteiger charge is -2.26. The first-order valence-corrected chi connectivity index (χ1v) is 12.3. The highest BCUT2D eigenvalue weighted by Gasteiger charge is 2.20. The minimum absolute atomic E-state index is 0.247. The van der Waals surface area contributed by atoms with Gasteiger partial charge < -0.3 is 16.8 Å². The summed E-state index contributed by atoms with van der Waals surface area (Å²) in [4.78, 5) is 4.37. The monoisotopic (exact) mass is 472 g/mol. The third-order valence-electron chi connectivity index (χ3n) is 4.84. The average molecular weight is 473 g/mol. The number of aliphatic imine (C=N–C) groups is 1. The molecule has 1 aliphatic heterocycles. The number of nitrogens with one attached hydrogen (secondary N) is 2. The van der Waals surface area contributed by atoms with E-state index in [1.807, 2.05) is 52.0 Å². The van der Waals surface area contributed by atoms with Gasteiger partial charge in [0.15, 0.2) is 0 Å². The summed E-state index contributed by atoms with van der Waals surface area (Å²) in [6.45, 7) is 19.1. The molecule has 1 aliphatic rings. The predicted molar refractivity (Wildman–Crippen MR) is 149 cm³/mol. The van der Waals surface area contributed by atoms with Crippen LogP contribution in [0.5, 0.6) is 0 Å². The van der Waals surface area contributed by atoms with Crippen LogP contribution in [0.25, 0.3) is 0 Å². The molecule has 1 aromatic rings. The molecule has 33 heavy (non-hydrogen) atoms. The van der Waals surface area contributed by atoms with Gasteiger partial charge in [0.25, 0.3) is 0 Å². The second kappa shape index (κ2) is 17.8. The van der Waals surface area contributed by atoms with Crippen LogP contribution in [0.2, 0.25) is 0 Å². The van der Waals surface area contributed by atoms with Gasteiger partial charge in [0.2, 0.25) is 0 Å². The quantitative estimate of drug-likeness (QED) is 0.304. The van der Waals surface area contributed by atoms with Crippen molar-refractivity contribution in [2.45, 2.75) is 74.1 Å². The summed E-state index contributed by atoms with van der Waals surface area (Å²) in [5, 5.41) is 12.3. The lowest BCUT2D eigenvalue weighted by atomic mass is 9.88. The standard InChI is InChI=1S/C14H17N3.C9H18N2.C2H6.CH3NS/c1-8(2)11-5-10(7-15)6-12-9(3)4-13(16)17-14(11)12;1-5-9(6-10)11-8(4)7(2)3;1-2;1-3-2/h4-6,8-9,17H,16H2,1-3H3;5,7H,6,10H2,1-4H3;1-2H3;2H,1H2/b;9-5-,11-8?;;. The third kappa shape index (κ3) is 11.7. The number of allylic oxidation sites excluding steroid dienone is 2. The summed E-state index contributed by atoms with van der Waals surface area (Å²) in [7, 11) is 0. The molecule has 0 amide bonds. The van der Waals surface area contributed by atoms with Crippen LogP contribution in [0.3, 0.4) is 0 Å². The number of benzene rings is 1. The molecule has 0 aromatic heterocycles. The number of anilines is 1. The van der Waals surface area contributed by atoms with Gasteiger partial charge in [-0.15, -0.1) is 0 Å². The van der Waals surface area contributed by atoms with Crippen molar-refractivity contribution < 1.29 is 0 Å². The van der Waals surface area contributed by atoms with E-state index in [0.717, 1.165) is 44.9 Å². The molecule has 0 fully saturated rings. The highest BCUT2D eigenvalue weighted by atomic mass is 32.1. The molecule has 0 saturated heterocycles. The molecule has 6 nitrogen and oxygen atoms in total. The molecule has 0 saturated carbocycles. The maximum atomic E-state index is 9.07. The largest absolute Gasteiger partial charge is 0.386 e. The van der Waals surface area contributed by atoms with E-state index in [-0.39, 0.29) is 5.92 Å². The van der Waals surface area contributed by atoms with Gasteiger partial charge in [-0.3, -0.25) is 4.99 Å². The van der Waals surface area contributed by atoms with E-state index in [2.05, 4.69) is 56.9 Å². The maximum Gasteiger partial charge on any atom is 0.0991 e. The Balaban J connectivity index is 0. The Bertz CT molecular complexity index is 898. The summed E-state index contributed by atoms with van der Waals surface area (Å²) in [6.07, 6.45) is 3.93. The molecule has 0 radical (unpaired) electrons. The zero-order chi connectivity index (χ0) is 26.1. The number of nitriles is 1. The number of nitrogens with two attached hydrogens (primary N) is 2. The molecule has 184 valence electrons. The second-order valence-electron chi connectivity index (χ2n) is 7.87. The first kappa shape index (κ1) is 32.5. The Hall–Kier alpha value is -2.69. The Morgan fingerprint density at radius 1 is 1.33 bits per heavy atom. The maximum absolute atomic E-state index is 9.07. The zero-order valence-corrected chi connectivity index (χ0v) is 22.7. The molecule has 1 unspecified atom stereocenters. The molecule has 0 aliphatic carbocycles. The van der Waals surface area contributed by atoms with Crippen molar-refractivity contribution in [2.24, 2.45) is 22.4 Å². The van der Waals surface area contributed by atoms with Crippen LogP contribution in [-0.4, -0.2) is 18.1 Å². The number of fused-ring (bicyclic) bond motifs is 1. The van der Waals surface area contributed by atoms with Crippen molar-refractivity contribution in [3.8, 4) is 6.07 Å². The van der Waals surface area contributed by atoms with Crippen molar-refractivity contribution in [1.82, 2.24) is 0 Å². The van der Waals surface area contributed by atoms with Crippen LogP contribution >= 0.6 is 0 Å². The Labute approximate surface area is 205 Å². The zero-order valence-electron chi connectivity index (χ0n) is 21.9. The minimum Gasteiger partial charge on any atom is -0.386 e. The fourth-order valence-corrected chi connectivity index (χ4v) is 2.84. The molecule has 0 bridgehead atoms. The van der Waals surface area contributed by atoms with Crippen LogP contribution in [0.1, 0.15) is 90.8 Å². The average Bonchev–Trinajstić information content (AvgIpc) is 2.78. The molecular formula is C26H44N6S. The van der Waals surface area contributed by atoms with Gasteiger partial charge in [-0.1, -0.05) is 65.7 Å². The molecule has 1 heterocycles. The van der Waals surface area contributed by atoms with Crippen LogP contribution in [0.4, 0.5) is 5.69 Å². The van der Waals surface area contributed by atoms with E-state index < -0.39 is 0 Å². The van der Waals surface area contributed by atoms with Crippen molar-refractivity contribution >= 4 is 28.4 Å². The highest BCUT2D eigenvalue weighted by Crippen LogP contribution is 2.37. The highest BCUT2D eigenvalue weighted by molar-refractivity contribution is 7.64. The lowest BCUT2D eigenvalue weighted by molar-refractivity contribution is 0.848. The Morgan fingerprint density at radius 2 is 1.88 bits per heavy atom. The molecule has 1 atom stereocenters. The smallest absolute Gasteiger partial charge is 0.0991 e. The predicted octanol–water partition coefficient (Wildman–Crippen LogP) is 6.27. The molecule has 0 spiro atoms. The summed E-state index contributed by atoms with van der Waals surface area (Å²) >= 11 is 0.750. The van der Waals surface area contributed by atoms with Crippen LogP contribution in [-0.2, 0) is 11.1 Å². The summed E-state index contributed by atoms with van der Waals surface area (Å²) in [5.41, 5.74) is 17.5. The summed E-state index contributed by atoms with van der Waals surface area (Å²) in [5.74, 6) is 4.88. The number of hydrogen-bond acceptors (Lipinski definition) is 6. The van der Waals surface area contributed by atoms with Crippen LogP contribution < -0.4 is 16.8 Å². The van der Waals surface area contributed by atoms with E-state index in [1.54, 1.807) is 0 Å². The molecule has 2 rings (SSSR count). The molecule has 1 aromatic carbocycles. The fourth-order valence-electron chi connectivity index (χ4n) is 2.84. The van der Waals surface area contributed by atoms with Gasteiger partial charge >= 0.3 is 0 Å². The first-order chi connectivity index (χ1) is 15.6. The second-order valence-corrected chi connectivity index (χ2v) is 8.16. The minimum atomic E-state index is 0.247. The lowest BCUT2D eigenvalue weighted by Crippen LogP contribution is -2.18. The fraction of sp³-hybridized carbons (Fsp3) is 0.500.